The van der Waals surface area contributed by atoms with Gasteiger partial charge in [0.2, 0.25) is 5.91 Å². The maximum Gasteiger partial charge on any atom is 0.233 e. The summed E-state index contributed by atoms with van der Waals surface area (Å²) in [7, 11) is -1.81. The summed E-state index contributed by atoms with van der Waals surface area (Å²) in [5.74, 6) is -0.127. The third-order valence-corrected chi connectivity index (χ3v) is 4.35. The van der Waals surface area contributed by atoms with E-state index in [4.69, 9.17) is 4.74 Å². The minimum Gasteiger partial charge on any atom is -0.378 e. The summed E-state index contributed by atoms with van der Waals surface area (Å²) in [4.78, 5) is 13.6. The predicted molar refractivity (Wildman–Crippen MR) is 70.9 cm³/mol. The summed E-state index contributed by atoms with van der Waals surface area (Å²) >= 11 is 0. The van der Waals surface area contributed by atoms with E-state index in [2.05, 4.69) is 15.5 Å². The number of rotatable bonds is 4. The zero-order valence-electron chi connectivity index (χ0n) is 11.4. The molecule has 2 rings (SSSR count). The molecule has 0 saturated carbocycles. The molecular formula is C11H18N4O4S. The standard InChI is InChI=1S/C11H18N4O4S/c1-12-10(16)6-15-3-4-19-7-8(15)11-9(5-13-14-11)20(2,17)18/h5,8H,3-4,6-7H2,1-2H3,(H,12,16)(H,13,14). The predicted octanol–water partition coefficient (Wildman–Crippen LogP) is -1.07. The van der Waals surface area contributed by atoms with Gasteiger partial charge in [-0.2, -0.15) is 5.10 Å². The molecule has 0 bridgehead atoms. The highest BCUT2D eigenvalue weighted by molar-refractivity contribution is 7.90. The van der Waals surface area contributed by atoms with Crippen molar-refractivity contribution in [3.8, 4) is 0 Å². The first-order valence-corrected chi connectivity index (χ1v) is 8.08. The van der Waals surface area contributed by atoms with Crippen molar-refractivity contribution in [2.45, 2.75) is 10.9 Å². The second-order valence-corrected chi connectivity index (χ2v) is 6.64. The quantitative estimate of drug-likeness (QED) is 0.734. The van der Waals surface area contributed by atoms with Gasteiger partial charge < -0.3 is 10.1 Å². The zero-order chi connectivity index (χ0) is 14.8. The number of amides is 1. The average Bonchev–Trinajstić information content (AvgIpc) is 2.88. The number of morpholine rings is 1. The topological polar surface area (TPSA) is 104 Å². The Bertz CT molecular complexity index is 583. The van der Waals surface area contributed by atoms with Crippen molar-refractivity contribution < 1.29 is 17.9 Å². The fourth-order valence-corrected chi connectivity index (χ4v) is 3.00. The van der Waals surface area contributed by atoms with Crippen LogP contribution in [0.1, 0.15) is 11.7 Å². The number of H-pyrrole nitrogens is 1. The van der Waals surface area contributed by atoms with Gasteiger partial charge in [-0.05, 0) is 0 Å². The maximum atomic E-state index is 11.7. The van der Waals surface area contributed by atoms with Crippen LogP contribution >= 0.6 is 0 Å². The second kappa shape index (κ2) is 5.90. The Morgan fingerprint density at radius 1 is 1.65 bits per heavy atom. The lowest BCUT2D eigenvalue weighted by molar-refractivity contribution is -0.124. The van der Waals surface area contributed by atoms with Crippen LogP contribution < -0.4 is 5.32 Å². The highest BCUT2D eigenvalue weighted by Gasteiger charge is 2.31. The number of hydrogen-bond acceptors (Lipinski definition) is 6. The Labute approximate surface area is 117 Å². The summed E-state index contributed by atoms with van der Waals surface area (Å²) in [5, 5.41) is 9.09. The number of nitrogens with one attached hydrogen (secondary N) is 2. The normalized spacial score (nSPS) is 20.8. The molecule has 1 aromatic heterocycles. The van der Waals surface area contributed by atoms with E-state index in [1.807, 2.05) is 4.90 Å². The lowest BCUT2D eigenvalue weighted by Crippen LogP contribution is -2.45. The van der Waals surface area contributed by atoms with Crippen LogP contribution in [0.15, 0.2) is 11.1 Å². The van der Waals surface area contributed by atoms with Crippen molar-refractivity contribution >= 4 is 15.7 Å². The second-order valence-electron chi connectivity index (χ2n) is 4.65. The number of carbonyl (C=O) groups excluding carboxylic acids is 1. The van der Waals surface area contributed by atoms with E-state index >= 15 is 0 Å². The van der Waals surface area contributed by atoms with Gasteiger partial charge in [0, 0.05) is 19.8 Å². The summed E-state index contributed by atoms with van der Waals surface area (Å²) in [6.45, 7) is 1.57. The van der Waals surface area contributed by atoms with Crippen LogP contribution in [0.3, 0.4) is 0 Å². The zero-order valence-corrected chi connectivity index (χ0v) is 12.2. The van der Waals surface area contributed by atoms with Crippen LogP contribution in [0, 0.1) is 0 Å². The lowest BCUT2D eigenvalue weighted by Gasteiger charge is -2.34. The molecule has 112 valence electrons. The van der Waals surface area contributed by atoms with Crippen molar-refractivity contribution in [1.82, 2.24) is 20.4 Å². The molecule has 0 radical (unpaired) electrons. The van der Waals surface area contributed by atoms with Gasteiger partial charge in [-0.25, -0.2) is 8.42 Å². The third-order valence-electron chi connectivity index (χ3n) is 3.23. The van der Waals surface area contributed by atoms with Gasteiger partial charge in [-0.15, -0.1) is 0 Å². The van der Waals surface area contributed by atoms with E-state index in [1.54, 1.807) is 7.05 Å². The molecule has 1 aliphatic heterocycles. The minimum absolute atomic E-state index is 0.127. The van der Waals surface area contributed by atoms with Gasteiger partial charge in [0.1, 0.15) is 4.90 Å². The van der Waals surface area contributed by atoms with Gasteiger partial charge in [0.05, 0.1) is 37.7 Å². The van der Waals surface area contributed by atoms with E-state index in [-0.39, 0.29) is 23.4 Å². The number of aromatic amines is 1. The van der Waals surface area contributed by atoms with Crippen LogP contribution in [0.25, 0.3) is 0 Å². The Kier molecular flexibility index (Phi) is 4.41. The smallest absolute Gasteiger partial charge is 0.233 e. The molecule has 20 heavy (non-hydrogen) atoms. The summed E-state index contributed by atoms with van der Waals surface area (Å²) in [5.41, 5.74) is 0.469. The molecule has 0 aliphatic carbocycles. The van der Waals surface area contributed by atoms with Crippen molar-refractivity contribution in [1.29, 1.82) is 0 Å². The van der Waals surface area contributed by atoms with E-state index in [0.717, 1.165) is 6.26 Å². The molecule has 1 aromatic rings. The minimum atomic E-state index is -3.37. The van der Waals surface area contributed by atoms with Crippen molar-refractivity contribution in [3.05, 3.63) is 11.9 Å². The molecule has 1 atom stereocenters. The Morgan fingerprint density at radius 3 is 3.05 bits per heavy atom. The number of sulfone groups is 1. The molecule has 2 N–H and O–H groups in total. The number of hydrogen-bond donors (Lipinski definition) is 2. The van der Waals surface area contributed by atoms with E-state index in [1.165, 1.54) is 6.20 Å². The van der Waals surface area contributed by atoms with Crippen molar-refractivity contribution in [3.63, 3.8) is 0 Å². The molecule has 0 spiro atoms. The lowest BCUT2D eigenvalue weighted by atomic mass is 10.1. The molecule has 9 heteroatoms. The SMILES string of the molecule is CNC(=O)CN1CCOCC1c1[nH]ncc1S(C)(=O)=O. The number of nitrogens with zero attached hydrogens (tertiary/aromatic N) is 2. The van der Waals surface area contributed by atoms with Crippen LogP contribution in [0.4, 0.5) is 0 Å². The molecule has 1 fully saturated rings. The van der Waals surface area contributed by atoms with Crippen LogP contribution in [-0.2, 0) is 19.4 Å². The number of likely N-dealkylation sites (N-methyl/N-ethyl adjacent to an activating group) is 1. The highest BCUT2D eigenvalue weighted by Crippen LogP contribution is 2.27. The van der Waals surface area contributed by atoms with Crippen LogP contribution in [-0.4, -0.2) is 69.0 Å². The largest absolute Gasteiger partial charge is 0.378 e. The van der Waals surface area contributed by atoms with Crippen LogP contribution in [0.5, 0.6) is 0 Å². The fraction of sp³-hybridized carbons (Fsp3) is 0.636. The van der Waals surface area contributed by atoms with E-state index in [0.29, 0.717) is 25.5 Å². The Balaban J connectivity index is 2.29. The first kappa shape index (κ1) is 14.9. The molecule has 1 unspecified atom stereocenters. The molecule has 1 amide bonds. The summed E-state index contributed by atoms with van der Waals surface area (Å²) in [6, 6.07) is -0.326. The number of carbonyl (C=O) groups is 1. The molecule has 1 saturated heterocycles. The average molecular weight is 302 g/mol. The van der Waals surface area contributed by atoms with E-state index < -0.39 is 9.84 Å². The number of ether oxygens (including phenoxy) is 1. The van der Waals surface area contributed by atoms with Crippen LogP contribution in [0.2, 0.25) is 0 Å². The highest BCUT2D eigenvalue weighted by atomic mass is 32.2. The van der Waals surface area contributed by atoms with Gasteiger partial charge in [0.15, 0.2) is 9.84 Å². The first-order chi connectivity index (χ1) is 9.43. The van der Waals surface area contributed by atoms with Gasteiger partial charge in [-0.1, -0.05) is 0 Å². The first-order valence-electron chi connectivity index (χ1n) is 6.19. The van der Waals surface area contributed by atoms with Crippen molar-refractivity contribution in [2.24, 2.45) is 0 Å². The summed E-state index contributed by atoms with van der Waals surface area (Å²) < 4.78 is 28.9. The molecule has 2 heterocycles. The molecule has 8 nitrogen and oxygen atoms in total. The fourth-order valence-electron chi connectivity index (χ4n) is 2.18. The maximum absolute atomic E-state index is 11.7. The van der Waals surface area contributed by atoms with E-state index in [9.17, 15) is 13.2 Å². The molecule has 0 aromatic carbocycles. The monoisotopic (exact) mass is 302 g/mol. The van der Waals surface area contributed by atoms with Gasteiger partial charge in [0.25, 0.3) is 0 Å². The van der Waals surface area contributed by atoms with Gasteiger partial charge in [-0.3, -0.25) is 14.8 Å². The Hall–Kier alpha value is -1.45. The summed E-state index contributed by atoms with van der Waals surface area (Å²) in [6.07, 6.45) is 2.42. The third kappa shape index (κ3) is 3.17. The Morgan fingerprint density at radius 2 is 2.40 bits per heavy atom. The molecular weight excluding hydrogens is 284 g/mol. The number of aromatic nitrogens is 2. The van der Waals surface area contributed by atoms with Gasteiger partial charge >= 0.3 is 0 Å². The van der Waals surface area contributed by atoms with Crippen molar-refractivity contribution in [2.75, 3.05) is 39.6 Å². The molecule has 1 aliphatic rings.